The van der Waals surface area contributed by atoms with Crippen LogP contribution in [0.2, 0.25) is 0 Å². The summed E-state index contributed by atoms with van der Waals surface area (Å²) in [6.45, 7) is 2.82. The van der Waals surface area contributed by atoms with Crippen LogP contribution in [0.15, 0.2) is 23.0 Å². The minimum absolute atomic E-state index is 0.773. The van der Waals surface area contributed by atoms with Crippen molar-refractivity contribution in [2.45, 2.75) is 19.9 Å². The third kappa shape index (κ3) is 1.96. The largest absolute Gasteiger partial charge is 0.396 e. The van der Waals surface area contributed by atoms with Crippen molar-refractivity contribution in [1.82, 2.24) is 9.78 Å². The molecule has 74 valence electrons. The number of nitrogens with zero attached hydrogens (tertiary/aromatic N) is 2. The maximum atomic E-state index is 5.71. The minimum atomic E-state index is 0.773. The van der Waals surface area contributed by atoms with Crippen LogP contribution in [-0.2, 0) is 13.0 Å². The molecule has 0 aliphatic heterocycles. The van der Waals surface area contributed by atoms with Crippen molar-refractivity contribution in [1.29, 1.82) is 0 Å². The van der Waals surface area contributed by atoms with E-state index in [-0.39, 0.29) is 0 Å². The first-order chi connectivity index (χ1) is 6.75. The molecule has 2 aromatic rings. The Bertz CT molecular complexity index is 383. The topological polar surface area (TPSA) is 43.8 Å². The van der Waals surface area contributed by atoms with Crippen molar-refractivity contribution >= 4 is 17.0 Å². The van der Waals surface area contributed by atoms with Crippen LogP contribution in [0, 0.1) is 6.92 Å². The van der Waals surface area contributed by atoms with E-state index in [9.17, 15) is 0 Å². The molecule has 3 nitrogen and oxygen atoms in total. The average molecular weight is 207 g/mol. The molecule has 14 heavy (non-hydrogen) atoms. The van der Waals surface area contributed by atoms with E-state index in [2.05, 4.69) is 21.9 Å². The zero-order valence-corrected chi connectivity index (χ0v) is 8.92. The molecule has 2 N–H and O–H groups in total. The van der Waals surface area contributed by atoms with Crippen molar-refractivity contribution in [3.63, 3.8) is 0 Å². The zero-order chi connectivity index (χ0) is 9.97. The fraction of sp³-hybridized carbons (Fsp3) is 0.300. The second-order valence-electron chi connectivity index (χ2n) is 3.31. The molecule has 0 aromatic carbocycles. The molecule has 0 saturated carbocycles. The Labute approximate surface area is 87.2 Å². The van der Waals surface area contributed by atoms with E-state index < -0.39 is 0 Å². The molecule has 4 heteroatoms. The van der Waals surface area contributed by atoms with Crippen LogP contribution >= 0.6 is 11.3 Å². The fourth-order valence-corrected chi connectivity index (χ4v) is 2.03. The molecule has 0 aliphatic carbocycles. The van der Waals surface area contributed by atoms with Crippen molar-refractivity contribution in [3.05, 3.63) is 34.3 Å². The standard InChI is InChI=1S/C10H13N3S/c1-8-10(11)6-13(12-8)4-2-9-3-5-14-7-9/h3,5-7H,2,4,11H2,1H3. The Morgan fingerprint density at radius 2 is 2.43 bits per heavy atom. The highest BCUT2D eigenvalue weighted by atomic mass is 32.1. The molecule has 2 rings (SSSR count). The second kappa shape index (κ2) is 3.84. The summed E-state index contributed by atoms with van der Waals surface area (Å²) in [5.41, 5.74) is 8.76. The lowest BCUT2D eigenvalue weighted by Crippen LogP contribution is -2.01. The van der Waals surface area contributed by atoms with Gasteiger partial charge >= 0.3 is 0 Å². The Kier molecular flexibility index (Phi) is 2.54. The van der Waals surface area contributed by atoms with E-state index in [0.29, 0.717) is 0 Å². The third-order valence-electron chi connectivity index (χ3n) is 2.19. The van der Waals surface area contributed by atoms with Crippen LogP contribution in [0.4, 0.5) is 5.69 Å². The van der Waals surface area contributed by atoms with Gasteiger partial charge in [0.15, 0.2) is 0 Å². The van der Waals surface area contributed by atoms with E-state index in [1.165, 1.54) is 5.56 Å². The van der Waals surface area contributed by atoms with Gasteiger partial charge in [0.05, 0.1) is 11.4 Å². The summed E-state index contributed by atoms with van der Waals surface area (Å²) in [5.74, 6) is 0. The molecule has 0 radical (unpaired) electrons. The Hall–Kier alpha value is -1.29. The van der Waals surface area contributed by atoms with Crippen LogP contribution in [0.25, 0.3) is 0 Å². The summed E-state index contributed by atoms with van der Waals surface area (Å²) in [7, 11) is 0. The summed E-state index contributed by atoms with van der Waals surface area (Å²) in [5, 5.41) is 8.57. The van der Waals surface area contributed by atoms with Gasteiger partial charge in [0, 0.05) is 12.7 Å². The molecule has 0 aliphatic rings. The smallest absolute Gasteiger partial charge is 0.0822 e. The average Bonchev–Trinajstić information content (AvgIpc) is 2.74. The molecular formula is C10H13N3S. The number of nitrogen functional groups attached to an aromatic ring is 1. The molecule has 0 fully saturated rings. The highest BCUT2D eigenvalue weighted by Crippen LogP contribution is 2.10. The number of rotatable bonds is 3. The molecule has 2 aromatic heterocycles. The quantitative estimate of drug-likeness (QED) is 0.837. The highest BCUT2D eigenvalue weighted by Gasteiger charge is 2.00. The molecule has 0 atom stereocenters. The highest BCUT2D eigenvalue weighted by molar-refractivity contribution is 7.07. The molecule has 0 amide bonds. The number of aromatic nitrogens is 2. The molecule has 2 heterocycles. The number of nitrogens with two attached hydrogens (primary N) is 1. The maximum absolute atomic E-state index is 5.71. The molecule has 0 spiro atoms. The van der Waals surface area contributed by atoms with Crippen molar-refractivity contribution in [2.24, 2.45) is 0 Å². The van der Waals surface area contributed by atoms with Crippen molar-refractivity contribution in [3.8, 4) is 0 Å². The number of aryl methyl sites for hydroxylation is 3. The van der Waals surface area contributed by atoms with Gasteiger partial charge in [0.1, 0.15) is 0 Å². The summed E-state index contributed by atoms with van der Waals surface area (Å²) in [6.07, 6.45) is 2.91. The Morgan fingerprint density at radius 3 is 3.00 bits per heavy atom. The predicted octanol–water partition coefficient (Wildman–Crippen LogP) is 2.08. The number of anilines is 1. The first kappa shape index (κ1) is 9.27. The van der Waals surface area contributed by atoms with Crippen molar-refractivity contribution in [2.75, 3.05) is 5.73 Å². The lowest BCUT2D eigenvalue weighted by molar-refractivity contribution is 0.611. The summed E-state index contributed by atoms with van der Waals surface area (Å²) >= 11 is 1.73. The van der Waals surface area contributed by atoms with Crippen LogP contribution in [0.3, 0.4) is 0 Å². The van der Waals surface area contributed by atoms with Crippen LogP contribution < -0.4 is 5.73 Å². The first-order valence-electron chi connectivity index (χ1n) is 4.56. The van der Waals surface area contributed by atoms with Gasteiger partial charge in [-0.25, -0.2) is 0 Å². The van der Waals surface area contributed by atoms with Gasteiger partial charge in [-0.1, -0.05) is 0 Å². The van der Waals surface area contributed by atoms with E-state index in [4.69, 9.17) is 5.73 Å². The van der Waals surface area contributed by atoms with Crippen molar-refractivity contribution < 1.29 is 0 Å². The molecule has 0 unspecified atom stereocenters. The SMILES string of the molecule is Cc1nn(CCc2ccsc2)cc1N. The van der Waals surface area contributed by atoms with Gasteiger partial charge < -0.3 is 5.73 Å². The number of hydrogen-bond donors (Lipinski definition) is 1. The van der Waals surface area contributed by atoms with E-state index in [1.807, 2.05) is 17.8 Å². The van der Waals surface area contributed by atoms with Crippen LogP contribution in [0.5, 0.6) is 0 Å². The zero-order valence-electron chi connectivity index (χ0n) is 8.10. The van der Waals surface area contributed by atoms with Gasteiger partial charge in [-0.2, -0.15) is 16.4 Å². The maximum Gasteiger partial charge on any atom is 0.0822 e. The lowest BCUT2D eigenvalue weighted by atomic mass is 10.2. The van der Waals surface area contributed by atoms with Gasteiger partial charge in [-0.15, -0.1) is 0 Å². The molecule has 0 saturated heterocycles. The second-order valence-corrected chi connectivity index (χ2v) is 4.09. The molecular weight excluding hydrogens is 194 g/mol. The Balaban J connectivity index is 1.98. The third-order valence-corrected chi connectivity index (χ3v) is 2.93. The van der Waals surface area contributed by atoms with E-state index >= 15 is 0 Å². The predicted molar refractivity (Wildman–Crippen MR) is 59.4 cm³/mol. The normalized spacial score (nSPS) is 10.6. The number of hydrogen-bond acceptors (Lipinski definition) is 3. The van der Waals surface area contributed by atoms with Gasteiger partial charge in [0.2, 0.25) is 0 Å². The minimum Gasteiger partial charge on any atom is -0.396 e. The lowest BCUT2D eigenvalue weighted by Gasteiger charge is -1.98. The Morgan fingerprint density at radius 1 is 1.57 bits per heavy atom. The summed E-state index contributed by atoms with van der Waals surface area (Å²) in [4.78, 5) is 0. The van der Waals surface area contributed by atoms with Gasteiger partial charge in [-0.05, 0) is 35.7 Å². The van der Waals surface area contributed by atoms with E-state index in [0.717, 1.165) is 24.3 Å². The first-order valence-corrected chi connectivity index (χ1v) is 5.50. The van der Waals surface area contributed by atoms with Crippen LogP contribution in [0.1, 0.15) is 11.3 Å². The van der Waals surface area contributed by atoms with Gasteiger partial charge in [0.25, 0.3) is 0 Å². The van der Waals surface area contributed by atoms with Gasteiger partial charge in [-0.3, -0.25) is 4.68 Å². The van der Waals surface area contributed by atoms with E-state index in [1.54, 1.807) is 11.3 Å². The number of thiophene rings is 1. The summed E-state index contributed by atoms with van der Waals surface area (Å²) < 4.78 is 1.91. The monoisotopic (exact) mass is 207 g/mol. The summed E-state index contributed by atoms with van der Waals surface area (Å²) in [6, 6.07) is 2.14. The van der Waals surface area contributed by atoms with Crippen LogP contribution in [-0.4, -0.2) is 9.78 Å². The molecule has 0 bridgehead atoms. The fourth-order valence-electron chi connectivity index (χ4n) is 1.33.